The Morgan fingerprint density at radius 1 is 1.00 bits per heavy atom. The summed E-state index contributed by atoms with van der Waals surface area (Å²) in [6.45, 7) is 5.01. The molecule has 1 aliphatic rings. The van der Waals surface area contributed by atoms with Gasteiger partial charge in [-0.1, -0.05) is 66.7 Å². The van der Waals surface area contributed by atoms with E-state index in [1.807, 2.05) is 55.5 Å². The third-order valence-electron chi connectivity index (χ3n) is 6.25. The predicted octanol–water partition coefficient (Wildman–Crippen LogP) is 4.94. The Morgan fingerprint density at radius 2 is 1.67 bits per heavy atom. The van der Waals surface area contributed by atoms with Crippen LogP contribution >= 0.6 is 0 Å². The molecule has 0 radical (unpaired) electrons. The average molecular weight is 444 g/mol. The molecule has 0 aliphatic carbocycles. The van der Waals surface area contributed by atoms with Crippen molar-refractivity contribution in [1.29, 1.82) is 0 Å². The lowest BCUT2D eigenvalue weighted by molar-refractivity contribution is -0.118. The van der Waals surface area contributed by atoms with E-state index < -0.39 is 6.04 Å². The number of likely N-dealkylation sites (tertiary alicyclic amines) is 1. The molecule has 1 unspecified atom stereocenters. The number of rotatable bonds is 8. The van der Waals surface area contributed by atoms with Crippen molar-refractivity contribution in [2.45, 2.75) is 38.4 Å². The van der Waals surface area contributed by atoms with Crippen LogP contribution in [-0.2, 0) is 11.3 Å². The molecule has 0 bridgehead atoms. The molecule has 0 aromatic heterocycles. The lowest BCUT2D eigenvalue weighted by Gasteiger charge is -2.34. The number of amides is 1. The third-order valence-corrected chi connectivity index (χ3v) is 6.25. The Bertz CT molecular complexity index is 1030. The highest BCUT2D eigenvalue weighted by atomic mass is 16.5. The van der Waals surface area contributed by atoms with Crippen LogP contribution in [-0.4, -0.2) is 37.0 Å². The highest BCUT2D eigenvalue weighted by molar-refractivity contribution is 5.96. The first-order valence-corrected chi connectivity index (χ1v) is 11.6. The van der Waals surface area contributed by atoms with Crippen LogP contribution in [0.15, 0.2) is 78.9 Å². The van der Waals surface area contributed by atoms with Crippen LogP contribution < -0.4 is 15.4 Å². The molecule has 3 aromatic rings. The SMILES string of the molecule is COc1ccc(C)cc1NC(=O)C(NC1CCN(Cc2ccccc2)CC1)c1ccccc1. The quantitative estimate of drug-likeness (QED) is 0.518. The first-order valence-electron chi connectivity index (χ1n) is 11.6. The number of carbonyl (C=O) groups is 1. The Kier molecular flexibility index (Phi) is 7.76. The predicted molar refractivity (Wildman–Crippen MR) is 133 cm³/mol. The van der Waals surface area contributed by atoms with E-state index in [2.05, 4.69) is 45.9 Å². The molecule has 5 nitrogen and oxygen atoms in total. The van der Waals surface area contributed by atoms with Gasteiger partial charge in [0.15, 0.2) is 0 Å². The van der Waals surface area contributed by atoms with Crippen LogP contribution in [0.4, 0.5) is 5.69 Å². The second-order valence-electron chi connectivity index (χ2n) is 8.74. The van der Waals surface area contributed by atoms with Gasteiger partial charge in [0, 0.05) is 12.6 Å². The van der Waals surface area contributed by atoms with E-state index in [0.29, 0.717) is 11.4 Å². The number of piperidine rings is 1. The second-order valence-corrected chi connectivity index (χ2v) is 8.74. The maximum Gasteiger partial charge on any atom is 0.246 e. The van der Waals surface area contributed by atoms with Crippen molar-refractivity contribution in [3.05, 3.63) is 95.6 Å². The molecule has 172 valence electrons. The number of hydrogen-bond donors (Lipinski definition) is 2. The normalized spacial score (nSPS) is 15.7. The van der Waals surface area contributed by atoms with Gasteiger partial charge in [-0.2, -0.15) is 0 Å². The van der Waals surface area contributed by atoms with E-state index in [1.165, 1.54) is 5.56 Å². The molecule has 1 aliphatic heterocycles. The summed E-state index contributed by atoms with van der Waals surface area (Å²) in [4.78, 5) is 15.9. The molecule has 2 N–H and O–H groups in total. The maximum atomic E-state index is 13.4. The van der Waals surface area contributed by atoms with Crippen LogP contribution in [0.25, 0.3) is 0 Å². The number of nitrogens with zero attached hydrogens (tertiary/aromatic N) is 1. The molecule has 33 heavy (non-hydrogen) atoms. The van der Waals surface area contributed by atoms with Crippen molar-refractivity contribution in [3.8, 4) is 5.75 Å². The number of anilines is 1. The van der Waals surface area contributed by atoms with E-state index in [0.717, 1.165) is 43.6 Å². The molecule has 1 atom stereocenters. The van der Waals surface area contributed by atoms with Crippen molar-refractivity contribution in [2.75, 3.05) is 25.5 Å². The van der Waals surface area contributed by atoms with Crippen molar-refractivity contribution in [2.24, 2.45) is 0 Å². The summed E-state index contributed by atoms with van der Waals surface area (Å²) in [5, 5.41) is 6.74. The summed E-state index contributed by atoms with van der Waals surface area (Å²) >= 11 is 0. The van der Waals surface area contributed by atoms with Gasteiger partial charge in [-0.3, -0.25) is 15.0 Å². The monoisotopic (exact) mass is 443 g/mol. The van der Waals surface area contributed by atoms with Gasteiger partial charge in [0.25, 0.3) is 0 Å². The van der Waals surface area contributed by atoms with Crippen molar-refractivity contribution in [3.63, 3.8) is 0 Å². The topological polar surface area (TPSA) is 53.6 Å². The minimum absolute atomic E-state index is 0.0724. The number of ether oxygens (including phenoxy) is 1. The number of benzene rings is 3. The molecule has 0 spiro atoms. The Balaban J connectivity index is 1.43. The molecular formula is C28H33N3O2. The number of carbonyl (C=O) groups excluding carboxylic acids is 1. The Labute approximate surface area is 196 Å². The smallest absolute Gasteiger partial charge is 0.246 e. The first-order chi connectivity index (χ1) is 16.1. The Morgan fingerprint density at radius 3 is 2.33 bits per heavy atom. The fraction of sp³-hybridized carbons (Fsp3) is 0.321. The third kappa shape index (κ3) is 6.21. The molecular weight excluding hydrogens is 410 g/mol. The number of nitrogens with one attached hydrogen (secondary N) is 2. The van der Waals surface area contributed by atoms with Gasteiger partial charge in [0.05, 0.1) is 12.8 Å². The summed E-state index contributed by atoms with van der Waals surface area (Å²) in [6, 6.07) is 26.2. The van der Waals surface area contributed by atoms with Gasteiger partial charge < -0.3 is 10.1 Å². The summed E-state index contributed by atoms with van der Waals surface area (Å²) < 4.78 is 5.46. The van der Waals surface area contributed by atoms with E-state index in [-0.39, 0.29) is 11.9 Å². The van der Waals surface area contributed by atoms with E-state index >= 15 is 0 Å². The fourth-order valence-electron chi connectivity index (χ4n) is 4.43. The van der Waals surface area contributed by atoms with Gasteiger partial charge >= 0.3 is 0 Å². The molecule has 1 heterocycles. The zero-order chi connectivity index (χ0) is 23.0. The lowest BCUT2D eigenvalue weighted by atomic mass is 9.99. The van der Waals surface area contributed by atoms with E-state index in [9.17, 15) is 4.79 Å². The first kappa shape index (κ1) is 23.0. The average Bonchev–Trinajstić information content (AvgIpc) is 2.85. The summed E-state index contributed by atoms with van der Waals surface area (Å²) in [6.07, 6.45) is 2.02. The molecule has 4 rings (SSSR count). The highest BCUT2D eigenvalue weighted by Gasteiger charge is 2.27. The molecule has 3 aromatic carbocycles. The summed E-state index contributed by atoms with van der Waals surface area (Å²) in [5.41, 5.74) is 4.08. The zero-order valence-electron chi connectivity index (χ0n) is 19.5. The lowest BCUT2D eigenvalue weighted by Crippen LogP contribution is -2.46. The zero-order valence-corrected chi connectivity index (χ0v) is 19.5. The van der Waals surface area contributed by atoms with E-state index in [1.54, 1.807) is 7.11 Å². The van der Waals surface area contributed by atoms with Crippen molar-refractivity contribution in [1.82, 2.24) is 10.2 Å². The van der Waals surface area contributed by atoms with Gasteiger partial charge in [-0.25, -0.2) is 0 Å². The summed E-state index contributed by atoms with van der Waals surface area (Å²) in [5.74, 6) is 0.590. The van der Waals surface area contributed by atoms with Crippen LogP contribution in [0.2, 0.25) is 0 Å². The van der Waals surface area contributed by atoms with Crippen LogP contribution in [0, 0.1) is 6.92 Å². The van der Waals surface area contributed by atoms with Gasteiger partial charge in [0.2, 0.25) is 5.91 Å². The summed E-state index contributed by atoms with van der Waals surface area (Å²) in [7, 11) is 1.62. The fourth-order valence-corrected chi connectivity index (χ4v) is 4.43. The molecule has 1 saturated heterocycles. The largest absolute Gasteiger partial charge is 0.495 e. The Hall–Kier alpha value is -3.15. The van der Waals surface area contributed by atoms with Crippen LogP contribution in [0.3, 0.4) is 0 Å². The second kappa shape index (κ2) is 11.1. The number of aryl methyl sites for hydroxylation is 1. The van der Waals surface area contributed by atoms with Crippen molar-refractivity contribution < 1.29 is 9.53 Å². The highest BCUT2D eigenvalue weighted by Crippen LogP contribution is 2.27. The van der Waals surface area contributed by atoms with Crippen LogP contribution in [0.5, 0.6) is 5.75 Å². The molecule has 1 fully saturated rings. The molecule has 1 amide bonds. The van der Waals surface area contributed by atoms with Gasteiger partial charge in [-0.15, -0.1) is 0 Å². The minimum atomic E-state index is -0.429. The number of hydrogen-bond acceptors (Lipinski definition) is 4. The van der Waals surface area contributed by atoms with Crippen LogP contribution in [0.1, 0.15) is 35.6 Å². The van der Waals surface area contributed by atoms with Gasteiger partial charge in [-0.05, 0) is 61.7 Å². The maximum absolute atomic E-state index is 13.4. The van der Waals surface area contributed by atoms with Crippen molar-refractivity contribution >= 4 is 11.6 Å². The number of methoxy groups -OCH3 is 1. The minimum Gasteiger partial charge on any atom is -0.495 e. The molecule has 0 saturated carbocycles. The van der Waals surface area contributed by atoms with E-state index in [4.69, 9.17) is 4.74 Å². The van der Waals surface area contributed by atoms with Gasteiger partial charge in [0.1, 0.15) is 11.8 Å². The standard InChI is InChI=1S/C28H33N3O2/c1-21-13-14-26(33-2)25(19-21)30-28(32)27(23-11-7-4-8-12-23)29-24-15-17-31(18-16-24)20-22-9-5-3-6-10-22/h3-14,19,24,27,29H,15-18,20H2,1-2H3,(H,30,32). The molecule has 5 heteroatoms.